The van der Waals surface area contributed by atoms with E-state index in [0.29, 0.717) is 17.7 Å². The van der Waals surface area contributed by atoms with Crippen LogP contribution in [0.25, 0.3) is 0 Å². The third kappa shape index (κ3) is 10.7. The molecule has 1 aromatic rings. The van der Waals surface area contributed by atoms with E-state index in [1.165, 1.54) is 6.07 Å². The smallest absolute Gasteiger partial charge is 0.341 e. The van der Waals surface area contributed by atoms with E-state index in [-0.39, 0.29) is 31.6 Å². The first-order valence-electron chi connectivity index (χ1n) is 10.3. The number of nitrogens with one attached hydrogen (secondary N) is 2. The number of unbranched alkanes of at least 4 members (excludes halogenated alkanes) is 2. The fourth-order valence-electron chi connectivity index (χ4n) is 2.86. The molecule has 0 saturated heterocycles. The summed E-state index contributed by atoms with van der Waals surface area (Å²) in [7, 11) is 0. The molecule has 0 fully saturated rings. The average Bonchev–Trinajstić information content (AvgIpc) is 2.74. The summed E-state index contributed by atoms with van der Waals surface area (Å²) >= 11 is 0. The van der Waals surface area contributed by atoms with Gasteiger partial charge in [-0.2, -0.15) is 0 Å². The van der Waals surface area contributed by atoms with Crippen LogP contribution < -0.4 is 15.4 Å². The first kappa shape index (κ1) is 26.9. The van der Waals surface area contributed by atoms with Gasteiger partial charge in [0.15, 0.2) is 6.61 Å². The summed E-state index contributed by atoms with van der Waals surface area (Å²) in [6.07, 6.45) is 2.17. The summed E-state index contributed by atoms with van der Waals surface area (Å²) in [6, 6.07) is 3.69. The number of amides is 2. The van der Waals surface area contributed by atoms with Crippen LogP contribution in [0.3, 0.4) is 0 Å². The predicted molar refractivity (Wildman–Crippen MR) is 112 cm³/mol. The van der Waals surface area contributed by atoms with Gasteiger partial charge < -0.3 is 25.6 Å². The van der Waals surface area contributed by atoms with E-state index in [4.69, 9.17) is 20.2 Å². The molecule has 0 aliphatic rings. The van der Waals surface area contributed by atoms with Crippen molar-refractivity contribution < 1.29 is 44.3 Å². The first-order chi connectivity index (χ1) is 15.3. The predicted octanol–water partition coefficient (Wildman–Crippen LogP) is 1.34. The zero-order valence-corrected chi connectivity index (χ0v) is 18.0. The minimum atomic E-state index is -1.17. The van der Waals surface area contributed by atoms with Crippen molar-refractivity contribution in [3.63, 3.8) is 0 Å². The number of carbonyl (C=O) groups excluding carboxylic acids is 2. The molecule has 178 valence electrons. The lowest BCUT2D eigenvalue weighted by Gasteiger charge is -2.19. The van der Waals surface area contributed by atoms with E-state index < -0.39 is 36.4 Å². The van der Waals surface area contributed by atoms with Gasteiger partial charge in [0, 0.05) is 24.9 Å². The monoisotopic (exact) mass is 454 g/mol. The van der Waals surface area contributed by atoms with Gasteiger partial charge in [-0.1, -0.05) is 25.8 Å². The Morgan fingerprint density at radius 1 is 1.06 bits per heavy atom. The van der Waals surface area contributed by atoms with Crippen LogP contribution in [0.5, 0.6) is 5.75 Å². The second kappa shape index (κ2) is 14.8. The number of benzene rings is 1. The molecule has 0 saturated carbocycles. The van der Waals surface area contributed by atoms with Crippen molar-refractivity contribution in [2.75, 3.05) is 13.2 Å². The number of carboxylic acid groups (broad SMARTS) is 2. The topological polar surface area (TPSA) is 171 Å². The molecule has 5 N–H and O–H groups in total. The number of hydrogen-bond donors (Lipinski definition) is 5. The van der Waals surface area contributed by atoms with Gasteiger partial charge in [0.05, 0.1) is 6.42 Å². The fraction of sp³-hybridized carbons (Fsp3) is 0.524. The van der Waals surface area contributed by atoms with Gasteiger partial charge in [-0.05, 0) is 24.1 Å². The molecule has 0 aromatic heterocycles. The molecule has 11 heteroatoms. The minimum Gasteiger partial charge on any atom is -0.482 e. The lowest BCUT2D eigenvalue weighted by molar-refractivity contribution is -0.253. The van der Waals surface area contributed by atoms with Crippen LogP contribution in [-0.4, -0.2) is 58.4 Å². The van der Waals surface area contributed by atoms with Crippen molar-refractivity contribution in [1.82, 2.24) is 10.6 Å². The molecule has 1 aromatic carbocycles. The molecule has 0 radical (unpaired) electrons. The largest absolute Gasteiger partial charge is 0.482 e. The van der Waals surface area contributed by atoms with Crippen LogP contribution in [0.1, 0.15) is 50.2 Å². The second-order valence-electron chi connectivity index (χ2n) is 7.11. The van der Waals surface area contributed by atoms with Crippen LogP contribution in [0.2, 0.25) is 0 Å². The molecule has 0 bridgehead atoms. The van der Waals surface area contributed by atoms with E-state index in [1.807, 2.05) is 6.92 Å². The van der Waals surface area contributed by atoms with Gasteiger partial charge >= 0.3 is 11.9 Å². The maximum atomic E-state index is 12.6. The SMILES string of the molecule is CCCCCNC(=O)C(Cc1ccc(OCC(=O)O)c(COO)c1)NC(=O)CCC(=O)O. The van der Waals surface area contributed by atoms with Gasteiger partial charge in [0.1, 0.15) is 18.4 Å². The summed E-state index contributed by atoms with van der Waals surface area (Å²) in [5.41, 5.74) is 0.942. The number of hydrogen-bond acceptors (Lipinski definition) is 7. The maximum absolute atomic E-state index is 12.6. The number of carboxylic acids is 2. The highest BCUT2D eigenvalue weighted by Crippen LogP contribution is 2.22. The molecular weight excluding hydrogens is 424 g/mol. The number of ether oxygens (including phenoxy) is 1. The zero-order chi connectivity index (χ0) is 23.9. The molecule has 11 nitrogen and oxygen atoms in total. The fourth-order valence-corrected chi connectivity index (χ4v) is 2.86. The second-order valence-corrected chi connectivity index (χ2v) is 7.11. The summed E-state index contributed by atoms with van der Waals surface area (Å²) in [4.78, 5) is 50.3. The van der Waals surface area contributed by atoms with Crippen molar-refractivity contribution in [1.29, 1.82) is 0 Å². The summed E-state index contributed by atoms with van der Waals surface area (Å²) < 4.78 is 5.16. The molecule has 1 unspecified atom stereocenters. The van der Waals surface area contributed by atoms with Crippen LogP contribution >= 0.6 is 0 Å². The van der Waals surface area contributed by atoms with Gasteiger partial charge in [0.2, 0.25) is 11.8 Å². The van der Waals surface area contributed by atoms with E-state index in [2.05, 4.69) is 15.5 Å². The first-order valence-corrected chi connectivity index (χ1v) is 10.3. The van der Waals surface area contributed by atoms with Crippen LogP contribution in [-0.2, 0) is 37.1 Å². The molecule has 0 spiro atoms. The molecule has 2 amide bonds. The molecule has 1 atom stereocenters. The Morgan fingerprint density at radius 3 is 2.44 bits per heavy atom. The zero-order valence-electron chi connectivity index (χ0n) is 18.0. The Kier molecular flexibility index (Phi) is 12.4. The third-order valence-electron chi connectivity index (χ3n) is 4.43. The van der Waals surface area contributed by atoms with Crippen LogP contribution in [0.4, 0.5) is 0 Å². The van der Waals surface area contributed by atoms with Crippen LogP contribution in [0, 0.1) is 0 Å². The standard InChI is InChI=1S/C21H30N2O9/c1-2-3-4-9-22-21(29)16(23-18(24)7-8-19(25)26)11-14-5-6-17(31-13-20(27)28)15(10-14)12-32-30/h5-6,10,16,30H,2-4,7-9,11-13H2,1H3,(H,22,29)(H,23,24)(H,25,26)(H,27,28). The summed E-state index contributed by atoms with van der Waals surface area (Å²) in [5.74, 6) is -3.08. The Balaban J connectivity index is 2.96. The highest BCUT2D eigenvalue weighted by molar-refractivity contribution is 5.88. The lowest BCUT2D eigenvalue weighted by Crippen LogP contribution is -2.48. The Hall–Kier alpha value is -3.18. The van der Waals surface area contributed by atoms with Crippen molar-refractivity contribution in [3.8, 4) is 5.75 Å². The van der Waals surface area contributed by atoms with E-state index in [9.17, 15) is 19.2 Å². The van der Waals surface area contributed by atoms with E-state index in [1.54, 1.807) is 12.1 Å². The van der Waals surface area contributed by atoms with Crippen LogP contribution in [0.15, 0.2) is 18.2 Å². The average molecular weight is 454 g/mol. The molecular formula is C21H30N2O9. The number of carbonyl (C=O) groups is 4. The lowest BCUT2D eigenvalue weighted by atomic mass is 10.0. The molecule has 0 heterocycles. The molecule has 0 aliphatic carbocycles. The highest BCUT2D eigenvalue weighted by atomic mass is 17.1. The van der Waals surface area contributed by atoms with Crippen molar-refractivity contribution in [2.24, 2.45) is 0 Å². The molecule has 1 rings (SSSR count). The molecule has 32 heavy (non-hydrogen) atoms. The number of aliphatic carboxylic acids is 2. The summed E-state index contributed by atoms with van der Waals surface area (Å²) in [6.45, 7) is 1.62. The third-order valence-corrected chi connectivity index (χ3v) is 4.43. The van der Waals surface area contributed by atoms with Gasteiger partial charge in [-0.15, -0.1) is 0 Å². The molecule has 0 aliphatic heterocycles. The Morgan fingerprint density at radius 2 is 1.81 bits per heavy atom. The van der Waals surface area contributed by atoms with E-state index >= 15 is 0 Å². The normalized spacial score (nSPS) is 11.4. The Bertz CT molecular complexity index is 783. The highest BCUT2D eigenvalue weighted by Gasteiger charge is 2.22. The quantitative estimate of drug-likeness (QED) is 0.140. The van der Waals surface area contributed by atoms with Crippen molar-refractivity contribution >= 4 is 23.8 Å². The van der Waals surface area contributed by atoms with Gasteiger partial charge in [-0.25, -0.2) is 9.68 Å². The van der Waals surface area contributed by atoms with E-state index in [0.717, 1.165) is 19.3 Å². The van der Waals surface area contributed by atoms with Crippen molar-refractivity contribution in [3.05, 3.63) is 29.3 Å². The van der Waals surface area contributed by atoms with Gasteiger partial charge in [0.25, 0.3) is 0 Å². The van der Waals surface area contributed by atoms with Crippen molar-refractivity contribution in [2.45, 2.75) is 58.1 Å². The summed E-state index contributed by atoms with van der Waals surface area (Å²) in [5, 5.41) is 31.7. The Labute approximate surface area is 185 Å². The van der Waals surface area contributed by atoms with Gasteiger partial charge in [-0.3, -0.25) is 19.6 Å². The number of rotatable bonds is 16. The maximum Gasteiger partial charge on any atom is 0.341 e. The minimum absolute atomic E-state index is 0.0794.